The molecule has 3 heteroatoms. The molecule has 0 aliphatic rings. The summed E-state index contributed by atoms with van der Waals surface area (Å²) in [5.41, 5.74) is 11.7. The van der Waals surface area contributed by atoms with Crippen LogP contribution in [0.4, 0.5) is 0 Å². The first-order valence-electron chi connectivity index (χ1n) is 18.6. The van der Waals surface area contributed by atoms with E-state index in [0.29, 0.717) is 11.4 Å². The number of aromatic nitrogens is 2. The van der Waals surface area contributed by atoms with Crippen molar-refractivity contribution in [1.82, 2.24) is 9.97 Å². The molecule has 2 aromatic heterocycles. The van der Waals surface area contributed by atoms with Gasteiger partial charge in [0, 0.05) is 16.5 Å². The van der Waals surface area contributed by atoms with Crippen molar-refractivity contribution in [2.75, 3.05) is 0 Å². The topological polar surface area (TPSA) is 38.9 Å². The first-order valence-corrected chi connectivity index (χ1v) is 18.6. The molecule has 2 heterocycles. The number of rotatable bonds is 5. The van der Waals surface area contributed by atoms with Gasteiger partial charge in [-0.15, -0.1) is 0 Å². The van der Waals surface area contributed by atoms with Gasteiger partial charge in [0.15, 0.2) is 11.4 Å². The first kappa shape index (κ1) is 31.2. The Morgan fingerprint density at radius 2 is 0.745 bits per heavy atom. The fourth-order valence-corrected chi connectivity index (χ4v) is 8.18. The molecule has 0 aliphatic carbocycles. The number of furan rings is 1. The lowest BCUT2D eigenvalue weighted by Gasteiger charge is -2.12. The number of hydrogen-bond donors (Lipinski definition) is 0. The van der Waals surface area contributed by atoms with Crippen molar-refractivity contribution in [3.8, 4) is 56.0 Å². The molecule has 0 bridgehead atoms. The van der Waals surface area contributed by atoms with Crippen LogP contribution >= 0.6 is 0 Å². The summed E-state index contributed by atoms with van der Waals surface area (Å²) in [5.74, 6) is 0.652. The van der Waals surface area contributed by atoms with E-state index >= 15 is 0 Å². The number of hydrogen-bond acceptors (Lipinski definition) is 3. The zero-order chi connectivity index (χ0) is 36.3. The third kappa shape index (κ3) is 5.28. The molecule has 9 aromatic carbocycles. The van der Waals surface area contributed by atoms with E-state index in [2.05, 4.69) is 182 Å². The second-order valence-electron chi connectivity index (χ2n) is 14.1. The molecule has 11 aromatic rings. The van der Waals surface area contributed by atoms with Crippen molar-refractivity contribution in [1.29, 1.82) is 0 Å². The van der Waals surface area contributed by atoms with E-state index in [0.717, 1.165) is 66.7 Å². The zero-order valence-electron chi connectivity index (χ0n) is 29.8. The van der Waals surface area contributed by atoms with E-state index in [1.54, 1.807) is 0 Å². The van der Waals surface area contributed by atoms with Crippen molar-refractivity contribution < 1.29 is 4.42 Å². The van der Waals surface area contributed by atoms with Crippen molar-refractivity contribution in [3.05, 3.63) is 194 Å². The maximum absolute atomic E-state index is 6.64. The van der Waals surface area contributed by atoms with Gasteiger partial charge in [-0.1, -0.05) is 164 Å². The van der Waals surface area contributed by atoms with Gasteiger partial charge in [-0.25, -0.2) is 9.97 Å². The van der Waals surface area contributed by atoms with Gasteiger partial charge in [0.05, 0.1) is 0 Å². The van der Waals surface area contributed by atoms with Gasteiger partial charge in [0.1, 0.15) is 16.8 Å². The van der Waals surface area contributed by atoms with Crippen LogP contribution in [0.1, 0.15) is 0 Å². The first-order chi connectivity index (χ1) is 27.2. The van der Waals surface area contributed by atoms with Crippen LogP contribution in [-0.2, 0) is 0 Å². The molecule has 0 aliphatic heterocycles. The van der Waals surface area contributed by atoms with Crippen molar-refractivity contribution in [3.63, 3.8) is 0 Å². The summed E-state index contributed by atoms with van der Waals surface area (Å²) in [6.45, 7) is 0. The molecular formula is C52H32N2O. The number of benzene rings is 9. The third-order valence-corrected chi connectivity index (χ3v) is 10.9. The molecule has 0 fully saturated rings. The second kappa shape index (κ2) is 12.6. The van der Waals surface area contributed by atoms with Crippen LogP contribution in [0.15, 0.2) is 199 Å². The summed E-state index contributed by atoms with van der Waals surface area (Å²) in [6, 6.07) is 68.7. The van der Waals surface area contributed by atoms with E-state index in [9.17, 15) is 0 Å². The van der Waals surface area contributed by atoms with Crippen LogP contribution < -0.4 is 0 Å². The van der Waals surface area contributed by atoms with Gasteiger partial charge in [-0.2, -0.15) is 0 Å². The molecule has 0 unspecified atom stereocenters. The van der Waals surface area contributed by atoms with Crippen LogP contribution in [0.3, 0.4) is 0 Å². The SMILES string of the molecule is c1ccc(-c2cccc(-c3nc(-c4cccc(-c5ccc6c7ccccc7c7ccccc7c6c5)c4)nc4c3oc3ccc(-c5ccccc5)cc34)c2)cc1. The summed E-state index contributed by atoms with van der Waals surface area (Å²) in [6.07, 6.45) is 0. The molecular weight excluding hydrogens is 669 g/mol. The smallest absolute Gasteiger partial charge is 0.180 e. The predicted molar refractivity (Wildman–Crippen MR) is 229 cm³/mol. The lowest BCUT2D eigenvalue weighted by molar-refractivity contribution is 0.667. The zero-order valence-corrected chi connectivity index (χ0v) is 29.8. The lowest BCUT2D eigenvalue weighted by atomic mass is 9.92. The second-order valence-corrected chi connectivity index (χ2v) is 14.1. The molecule has 0 saturated carbocycles. The summed E-state index contributed by atoms with van der Waals surface area (Å²) < 4.78 is 6.64. The van der Waals surface area contributed by atoms with E-state index in [1.807, 2.05) is 12.1 Å². The largest absolute Gasteiger partial charge is 0.452 e. The van der Waals surface area contributed by atoms with E-state index in [4.69, 9.17) is 14.4 Å². The van der Waals surface area contributed by atoms with Crippen LogP contribution in [-0.4, -0.2) is 9.97 Å². The van der Waals surface area contributed by atoms with Gasteiger partial charge >= 0.3 is 0 Å². The fraction of sp³-hybridized carbons (Fsp3) is 0. The highest BCUT2D eigenvalue weighted by molar-refractivity contribution is 6.25. The van der Waals surface area contributed by atoms with E-state index in [1.165, 1.54) is 32.3 Å². The van der Waals surface area contributed by atoms with Crippen LogP contribution in [0.2, 0.25) is 0 Å². The quantitative estimate of drug-likeness (QED) is 0.168. The maximum Gasteiger partial charge on any atom is 0.180 e. The van der Waals surface area contributed by atoms with Gasteiger partial charge in [0.25, 0.3) is 0 Å². The minimum Gasteiger partial charge on any atom is -0.452 e. The molecule has 11 rings (SSSR count). The molecule has 0 N–H and O–H groups in total. The van der Waals surface area contributed by atoms with Crippen molar-refractivity contribution in [2.24, 2.45) is 0 Å². The maximum atomic E-state index is 6.64. The number of nitrogens with zero attached hydrogens (tertiary/aromatic N) is 2. The van der Waals surface area contributed by atoms with Gasteiger partial charge < -0.3 is 4.42 Å². The lowest BCUT2D eigenvalue weighted by Crippen LogP contribution is -1.94. The molecule has 0 atom stereocenters. The number of fused-ring (bicyclic) bond motifs is 9. The Bertz CT molecular complexity index is 3220. The molecule has 0 saturated heterocycles. The molecule has 55 heavy (non-hydrogen) atoms. The molecule has 3 nitrogen and oxygen atoms in total. The Kier molecular flexibility index (Phi) is 7.17. The molecule has 0 amide bonds. The summed E-state index contributed by atoms with van der Waals surface area (Å²) in [5, 5.41) is 8.54. The van der Waals surface area contributed by atoms with Crippen molar-refractivity contribution >= 4 is 54.4 Å². The Hall–Kier alpha value is -7.36. The van der Waals surface area contributed by atoms with E-state index in [-0.39, 0.29) is 0 Å². The van der Waals surface area contributed by atoms with Gasteiger partial charge in [0.2, 0.25) is 0 Å². The Labute approximate surface area is 317 Å². The normalized spacial score (nSPS) is 11.6. The standard InChI is InChI=1S/C52H32N2O/c1-3-13-33(14-4-1)35-17-11-19-39(29-35)49-51-50(47-32-37(26-28-48(47)55-51)34-15-5-2-6-16-34)54-52(53-49)40-20-12-18-36(30-40)38-25-27-45-43-23-8-7-21-41(43)42-22-9-10-24-44(42)46(45)31-38/h1-32H. The van der Waals surface area contributed by atoms with Gasteiger partial charge in [-0.05, 0) is 96.0 Å². The summed E-state index contributed by atoms with van der Waals surface area (Å²) >= 11 is 0. The van der Waals surface area contributed by atoms with Crippen LogP contribution in [0.5, 0.6) is 0 Å². The highest BCUT2D eigenvalue weighted by Gasteiger charge is 2.20. The molecule has 256 valence electrons. The van der Waals surface area contributed by atoms with Crippen LogP contribution in [0, 0.1) is 0 Å². The van der Waals surface area contributed by atoms with E-state index < -0.39 is 0 Å². The average molecular weight is 701 g/mol. The average Bonchev–Trinajstić information content (AvgIpc) is 3.65. The molecule has 0 radical (unpaired) electrons. The fourth-order valence-electron chi connectivity index (χ4n) is 8.18. The van der Waals surface area contributed by atoms with Crippen molar-refractivity contribution in [2.45, 2.75) is 0 Å². The Morgan fingerprint density at radius 3 is 1.42 bits per heavy atom. The third-order valence-electron chi connectivity index (χ3n) is 10.9. The Balaban J connectivity index is 1.11. The minimum atomic E-state index is 0.652. The monoisotopic (exact) mass is 700 g/mol. The highest BCUT2D eigenvalue weighted by atomic mass is 16.3. The predicted octanol–water partition coefficient (Wildman–Crippen LogP) is 14.2. The highest BCUT2D eigenvalue weighted by Crippen LogP contribution is 2.40. The van der Waals surface area contributed by atoms with Gasteiger partial charge in [-0.3, -0.25) is 0 Å². The summed E-state index contributed by atoms with van der Waals surface area (Å²) in [4.78, 5) is 10.6. The minimum absolute atomic E-state index is 0.652. The molecule has 0 spiro atoms. The Morgan fingerprint density at radius 1 is 0.291 bits per heavy atom. The van der Waals surface area contributed by atoms with Crippen LogP contribution in [0.25, 0.3) is 110 Å². The summed E-state index contributed by atoms with van der Waals surface area (Å²) in [7, 11) is 0.